The van der Waals surface area contributed by atoms with E-state index in [-0.39, 0.29) is 23.6 Å². The first-order valence-corrected chi connectivity index (χ1v) is 12.7. The molecule has 0 fully saturated rings. The Balaban J connectivity index is 0.000000185. The highest BCUT2D eigenvalue weighted by molar-refractivity contribution is 6.05. The number of aryl methyl sites for hydroxylation is 2. The zero-order valence-corrected chi connectivity index (χ0v) is 23.2. The Kier molecular flexibility index (Phi) is 10.5. The number of carbonyl (C=O) groups excluding carboxylic acids is 2. The van der Waals surface area contributed by atoms with E-state index in [1.807, 2.05) is 42.5 Å². The van der Waals surface area contributed by atoms with Gasteiger partial charge in [0.15, 0.2) is 17.2 Å². The quantitative estimate of drug-likeness (QED) is 0.161. The number of Topliss-reactive ketones (excluding diaryl/α,β-unsaturated/α-hetero) is 1. The van der Waals surface area contributed by atoms with Crippen LogP contribution in [0.3, 0.4) is 0 Å². The van der Waals surface area contributed by atoms with Crippen molar-refractivity contribution >= 4 is 23.2 Å². The summed E-state index contributed by atoms with van der Waals surface area (Å²) >= 11 is 0. The van der Waals surface area contributed by atoms with Gasteiger partial charge < -0.3 is 10.5 Å². The Bertz CT molecular complexity index is 1810. The smallest absolute Gasteiger partial charge is 0.313 e. The maximum absolute atomic E-state index is 12.0. The number of H-pyrrole nitrogens is 2. The average molecular weight is 565 g/mol. The van der Waals surface area contributed by atoms with Gasteiger partial charge in [-0.05, 0) is 20.8 Å². The van der Waals surface area contributed by atoms with Crippen molar-refractivity contribution in [2.45, 2.75) is 27.2 Å². The van der Waals surface area contributed by atoms with Gasteiger partial charge in [0.1, 0.15) is 29.7 Å². The summed E-state index contributed by atoms with van der Waals surface area (Å²) in [6, 6.07) is 23.6. The zero-order chi connectivity index (χ0) is 30.6. The Morgan fingerprint density at radius 2 is 1.60 bits per heavy atom. The summed E-state index contributed by atoms with van der Waals surface area (Å²) in [7, 11) is 0. The number of aromatic amines is 2. The number of ketones is 1. The highest BCUT2D eigenvalue weighted by Gasteiger charge is 2.13. The number of nitrogens with zero attached hydrogens (tertiary/aromatic N) is 5. The molecule has 0 spiro atoms. The monoisotopic (exact) mass is 564 g/mol. The van der Waals surface area contributed by atoms with Gasteiger partial charge in [-0.3, -0.25) is 24.6 Å². The van der Waals surface area contributed by atoms with Crippen LogP contribution in [0.5, 0.6) is 0 Å². The highest BCUT2D eigenvalue weighted by atomic mass is 16.5. The number of hydrogen-bond donors (Lipinski definition) is 3. The molecule has 0 aliphatic heterocycles. The highest BCUT2D eigenvalue weighted by Crippen LogP contribution is 2.18. The van der Waals surface area contributed by atoms with Crippen molar-refractivity contribution in [3.63, 3.8) is 0 Å². The third-order valence-electron chi connectivity index (χ3n) is 5.77. The Hall–Kier alpha value is -6.01. The molecule has 42 heavy (non-hydrogen) atoms. The molecular weight excluding hydrogens is 536 g/mol. The topological polar surface area (TPSA) is 196 Å². The standard InChI is InChI=1S/C14H10N4O.C11H12O3.C5H6N4/c1-9-11(8-15)14-16-12(7-13(19)18(14)17-9)10-5-3-2-4-6-10;1-2-14-11(13)8-10(12)9-6-4-3-5-7-9;1-3-4(2-6)5(7)9-8-3/h2-7,17H,1H3;3-7H,2,8H2,1H3;1H3,(H3,7,8,9). The van der Waals surface area contributed by atoms with Gasteiger partial charge in [-0.25, -0.2) is 9.50 Å². The molecule has 0 aliphatic rings. The van der Waals surface area contributed by atoms with Gasteiger partial charge >= 0.3 is 5.97 Å². The van der Waals surface area contributed by atoms with E-state index in [2.05, 4.69) is 31.1 Å². The number of benzene rings is 2. The summed E-state index contributed by atoms with van der Waals surface area (Å²) in [5.74, 6) is -0.402. The molecule has 0 atom stereocenters. The largest absolute Gasteiger partial charge is 0.466 e. The number of nitriles is 2. The van der Waals surface area contributed by atoms with Gasteiger partial charge in [0.05, 0.1) is 23.7 Å². The van der Waals surface area contributed by atoms with E-state index in [1.165, 1.54) is 10.6 Å². The summed E-state index contributed by atoms with van der Waals surface area (Å²) in [4.78, 5) is 38.9. The fourth-order valence-corrected chi connectivity index (χ4v) is 3.70. The number of hydrogen-bond acceptors (Lipinski definition) is 9. The molecule has 0 radical (unpaired) electrons. The number of aromatic nitrogens is 5. The number of ether oxygens (including phenoxy) is 1. The summed E-state index contributed by atoms with van der Waals surface area (Å²) in [5, 5.41) is 26.6. The Morgan fingerprint density at radius 1 is 0.976 bits per heavy atom. The first kappa shape index (κ1) is 30.5. The second-order valence-corrected chi connectivity index (χ2v) is 8.72. The van der Waals surface area contributed by atoms with Crippen molar-refractivity contribution in [1.82, 2.24) is 24.8 Å². The first-order chi connectivity index (χ1) is 20.2. The lowest BCUT2D eigenvalue weighted by Gasteiger charge is -2.00. The van der Waals surface area contributed by atoms with Crippen LogP contribution in [0.15, 0.2) is 71.5 Å². The Morgan fingerprint density at radius 3 is 2.12 bits per heavy atom. The minimum absolute atomic E-state index is 0.183. The number of nitrogens with two attached hydrogens (primary N) is 1. The van der Waals surface area contributed by atoms with Crippen LogP contribution >= 0.6 is 0 Å². The van der Waals surface area contributed by atoms with Crippen molar-refractivity contribution in [1.29, 1.82) is 10.5 Å². The third-order valence-corrected chi connectivity index (χ3v) is 5.77. The van der Waals surface area contributed by atoms with Crippen LogP contribution in [-0.4, -0.2) is 43.2 Å². The molecule has 0 saturated heterocycles. The maximum Gasteiger partial charge on any atom is 0.313 e. The molecule has 4 N–H and O–H groups in total. The van der Waals surface area contributed by atoms with Crippen molar-refractivity contribution in [3.8, 4) is 23.4 Å². The second-order valence-electron chi connectivity index (χ2n) is 8.72. The van der Waals surface area contributed by atoms with E-state index in [4.69, 9.17) is 16.3 Å². The molecule has 0 aliphatic carbocycles. The average Bonchev–Trinajstić information content (AvgIpc) is 3.51. The number of esters is 1. The third kappa shape index (κ3) is 7.55. The molecule has 0 saturated carbocycles. The lowest BCUT2D eigenvalue weighted by Crippen LogP contribution is -2.14. The van der Waals surface area contributed by atoms with Crippen molar-refractivity contribution in [2.24, 2.45) is 0 Å². The second kappa shape index (κ2) is 14.4. The van der Waals surface area contributed by atoms with Gasteiger partial charge in [-0.15, -0.1) is 0 Å². The maximum atomic E-state index is 12.0. The number of rotatable bonds is 5. The minimum Gasteiger partial charge on any atom is -0.466 e. The van der Waals surface area contributed by atoms with Gasteiger partial charge in [0.25, 0.3) is 5.56 Å². The minimum atomic E-state index is -0.471. The summed E-state index contributed by atoms with van der Waals surface area (Å²) in [6.45, 7) is 5.52. The van der Waals surface area contributed by atoms with E-state index in [9.17, 15) is 14.4 Å². The molecule has 5 aromatic rings. The van der Waals surface area contributed by atoms with Gasteiger partial charge in [0.2, 0.25) is 0 Å². The first-order valence-electron chi connectivity index (χ1n) is 12.7. The number of nitrogens with one attached hydrogen (secondary N) is 2. The number of nitrogen functional groups attached to an aromatic ring is 1. The molecule has 0 bridgehead atoms. The van der Waals surface area contributed by atoms with Crippen LogP contribution in [0.2, 0.25) is 0 Å². The summed E-state index contributed by atoms with van der Waals surface area (Å²) in [6.07, 6.45) is -0.183. The molecule has 3 heterocycles. The zero-order valence-electron chi connectivity index (χ0n) is 23.2. The molecular formula is C30H28N8O4. The van der Waals surface area contributed by atoms with Crippen LogP contribution in [0.1, 0.15) is 46.2 Å². The van der Waals surface area contributed by atoms with Crippen molar-refractivity contribution < 1.29 is 14.3 Å². The van der Waals surface area contributed by atoms with E-state index >= 15 is 0 Å². The van der Waals surface area contributed by atoms with Gasteiger partial charge in [-0.1, -0.05) is 60.7 Å². The fourth-order valence-electron chi connectivity index (χ4n) is 3.70. The molecule has 2 aromatic carbocycles. The lowest BCUT2D eigenvalue weighted by molar-refractivity contribution is -0.141. The number of carbonyl (C=O) groups is 2. The number of anilines is 1. The van der Waals surface area contributed by atoms with E-state index in [1.54, 1.807) is 45.0 Å². The predicted octanol–water partition coefficient (Wildman–Crippen LogP) is 3.86. The lowest BCUT2D eigenvalue weighted by atomic mass is 10.1. The predicted molar refractivity (Wildman–Crippen MR) is 155 cm³/mol. The fraction of sp³-hybridized carbons (Fsp3) is 0.167. The van der Waals surface area contributed by atoms with Gasteiger partial charge in [-0.2, -0.15) is 15.6 Å². The normalized spacial score (nSPS) is 9.83. The molecule has 5 rings (SSSR count). The SMILES string of the molecule is CCOC(=O)CC(=O)c1ccccc1.Cc1[nH]n2c(=O)cc(-c3ccccc3)nc2c1C#N.Cc1[nH]nc(N)c1C#N. The Labute approximate surface area is 241 Å². The van der Waals surface area contributed by atoms with E-state index in [0.29, 0.717) is 40.3 Å². The van der Waals surface area contributed by atoms with Crippen LogP contribution in [0, 0.1) is 36.5 Å². The number of fused-ring (bicyclic) bond motifs is 1. The molecule has 3 aromatic heterocycles. The van der Waals surface area contributed by atoms with Crippen molar-refractivity contribution in [2.75, 3.05) is 12.3 Å². The van der Waals surface area contributed by atoms with Crippen LogP contribution in [-0.2, 0) is 9.53 Å². The molecule has 212 valence electrons. The van der Waals surface area contributed by atoms with E-state index < -0.39 is 5.97 Å². The molecule has 12 nitrogen and oxygen atoms in total. The van der Waals surface area contributed by atoms with Crippen molar-refractivity contribution in [3.05, 3.63) is 105 Å². The molecule has 0 unspecified atom stereocenters. The van der Waals surface area contributed by atoms with Crippen LogP contribution in [0.25, 0.3) is 16.9 Å². The molecule has 12 heteroatoms. The van der Waals surface area contributed by atoms with Crippen LogP contribution < -0.4 is 11.3 Å². The van der Waals surface area contributed by atoms with E-state index in [0.717, 1.165) is 11.3 Å². The molecule has 0 amide bonds. The summed E-state index contributed by atoms with van der Waals surface area (Å²) < 4.78 is 5.97. The van der Waals surface area contributed by atoms with Gasteiger partial charge in [0, 0.05) is 17.2 Å². The summed E-state index contributed by atoms with van der Waals surface area (Å²) in [5.41, 5.74) is 9.58. The van der Waals surface area contributed by atoms with Crippen LogP contribution in [0.4, 0.5) is 5.82 Å².